The molecule has 3 rings (SSSR count). The number of carbonyl (C=O) groups is 1. The summed E-state index contributed by atoms with van der Waals surface area (Å²) in [6.45, 7) is 8.30. The SMILES string of the molecule is Cc1cccc(N(Cc2ccc(C(=O)Nc3c(C)cccc3C(C)C)cc2)S(C)(=O)=O)c1. The Balaban J connectivity index is 1.81. The number of anilines is 2. The van der Waals surface area contributed by atoms with E-state index in [1.165, 1.54) is 10.6 Å². The number of hydrogen-bond donors (Lipinski definition) is 1. The van der Waals surface area contributed by atoms with E-state index in [1.54, 1.807) is 30.3 Å². The summed E-state index contributed by atoms with van der Waals surface area (Å²) in [5, 5.41) is 3.05. The van der Waals surface area contributed by atoms with Crippen molar-refractivity contribution in [1.29, 1.82) is 0 Å². The molecular formula is C26H30N2O3S. The summed E-state index contributed by atoms with van der Waals surface area (Å²) in [5.41, 5.74) is 5.88. The van der Waals surface area contributed by atoms with Gasteiger partial charge < -0.3 is 5.32 Å². The maximum absolute atomic E-state index is 12.9. The molecule has 32 heavy (non-hydrogen) atoms. The first-order valence-electron chi connectivity index (χ1n) is 10.6. The fourth-order valence-electron chi connectivity index (χ4n) is 3.64. The van der Waals surface area contributed by atoms with Crippen molar-refractivity contribution in [2.45, 2.75) is 40.2 Å². The molecule has 0 aliphatic rings. The van der Waals surface area contributed by atoms with Crippen LogP contribution in [0.2, 0.25) is 0 Å². The predicted molar refractivity (Wildman–Crippen MR) is 132 cm³/mol. The number of sulfonamides is 1. The number of para-hydroxylation sites is 1. The van der Waals surface area contributed by atoms with E-state index in [2.05, 4.69) is 19.2 Å². The largest absolute Gasteiger partial charge is 0.321 e. The third-order valence-electron chi connectivity index (χ3n) is 5.40. The Hall–Kier alpha value is -3.12. The van der Waals surface area contributed by atoms with E-state index >= 15 is 0 Å². The van der Waals surface area contributed by atoms with E-state index in [-0.39, 0.29) is 18.4 Å². The van der Waals surface area contributed by atoms with Gasteiger partial charge in [0.05, 0.1) is 18.5 Å². The molecule has 1 N–H and O–H groups in total. The highest BCUT2D eigenvalue weighted by atomic mass is 32.2. The Morgan fingerprint density at radius 2 is 1.62 bits per heavy atom. The molecule has 3 aromatic rings. The topological polar surface area (TPSA) is 66.5 Å². The number of nitrogens with one attached hydrogen (secondary N) is 1. The van der Waals surface area contributed by atoms with E-state index < -0.39 is 10.0 Å². The molecule has 0 heterocycles. The minimum Gasteiger partial charge on any atom is -0.321 e. The van der Waals surface area contributed by atoms with Crippen LogP contribution in [0.25, 0.3) is 0 Å². The van der Waals surface area contributed by atoms with Crippen LogP contribution in [-0.2, 0) is 16.6 Å². The van der Waals surface area contributed by atoms with Gasteiger partial charge in [0.25, 0.3) is 5.91 Å². The molecule has 0 saturated carbocycles. The van der Waals surface area contributed by atoms with E-state index in [0.717, 1.165) is 27.9 Å². The second kappa shape index (κ2) is 9.57. The molecule has 0 aliphatic carbocycles. The zero-order valence-electron chi connectivity index (χ0n) is 19.2. The highest BCUT2D eigenvalue weighted by Gasteiger charge is 2.19. The molecule has 0 bridgehead atoms. The monoisotopic (exact) mass is 450 g/mol. The lowest BCUT2D eigenvalue weighted by Crippen LogP contribution is -2.29. The molecule has 5 nitrogen and oxygen atoms in total. The van der Waals surface area contributed by atoms with Gasteiger partial charge in [-0.25, -0.2) is 8.42 Å². The highest BCUT2D eigenvalue weighted by Crippen LogP contribution is 2.28. The van der Waals surface area contributed by atoms with Gasteiger partial charge in [0.15, 0.2) is 0 Å². The first-order valence-corrected chi connectivity index (χ1v) is 12.5. The summed E-state index contributed by atoms with van der Waals surface area (Å²) in [4.78, 5) is 12.9. The van der Waals surface area contributed by atoms with Crippen molar-refractivity contribution in [2.24, 2.45) is 0 Å². The lowest BCUT2D eigenvalue weighted by atomic mass is 9.98. The van der Waals surface area contributed by atoms with Gasteiger partial charge in [-0.2, -0.15) is 0 Å². The van der Waals surface area contributed by atoms with Crippen molar-refractivity contribution in [3.8, 4) is 0 Å². The first-order chi connectivity index (χ1) is 15.1. The summed E-state index contributed by atoms with van der Waals surface area (Å²) in [7, 11) is -3.46. The average Bonchev–Trinajstić information content (AvgIpc) is 2.72. The summed E-state index contributed by atoms with van der Waals surface area (Å²) < 4.78 is 26.2. The third-order valence-corrected chi connectivity index (χ3v) is 6.54. The number of benzene rings is 3. The van der Waals surface area contributed by atoms with Gasteiger partial charge >= 0.3 is 0 Å². The smallest absolute Gasteiger partial charge is 0.255 e. The number of amides is 1. The van der Waals surface area contributed by atoms with Crippen LogP contribution in [0.1, 0.15) is 52.4 Å². The zero-order chi connectivity index (χ0) is 23.5. The summed E-state index contributed by atoms with van der Waals surface area (Å²) >= 11 is 0. The Labute approximate surface area is 191 Å². The summed E-state index contributed by atoms with van der Waals surface area (Å²) in [5.74, 6) is 0.0996. The Kier molecular flexibility index (Phi) is 7.04. The molecule has 0 saturated heterocycles. The number of hydrogen-bond acceptors (Lipinski definition) is 3. The quantitative estimate of drug-likeness (QED) is 0.506. The average molecular weight is 451 g/mol. The van der Waals surface area contributed by atoms with Gasteiger partial charge in [-0.05, 0) is 66.3 Å². The molecule has 0 fully saturated rings. The lowest BCUT2D eigenvalue weighted by Gasteiger charge is -2.23. The van der Waals surface area contributed by atoms with Crippen LogP contribution >= 0.6 is 0 Å². The fraction of sp³-hybridized carbons (Fsp3) is 0.269. The molecule has 0 aliphatic heterocycles. The van der Waals surface area contributed by atoms with Crippen LogP contribution in [-0.4, -0.2) is 20.6 Å². The van der Waals surface area contributed by atoms with Crippen LogP contribution in [0.5, 0.6) is 0 Å². The molecular weight excluding hydrogens is 420 g/mol. The minimum atomic E-state index is -3.46. The third kappa shape index (κ3) is 5.56. The lowest BCUT2D eigenvalue weighted by molar-refractivity contribution is 0.102. The van der Waals surface area contributed by atoms with Gasteiger partial charge in [-0.3, -0.25) is 9.10 Å². The maximum atomic E-state index is 12.9. The first kappa shape index (κ1) is 23.5. The van der Waals surface area contributed by atoms with Gasteiger partial charge in [0.2, 0.25) is 10.0 Å². The van der Waals surface area contributed by atoms with Crippen LogP contribution in [0, 0.1) is 13.8 Å². The molecule has 6 heteroatoms. The Morgan fingerprint density at radius 3 is 2.22 bits per heavy atom. The van der Waals surface area contributed by atoms with Gasteiger partial charge in [-0.15, -0.1) is 0 Å². The second-order valence-corrected chi connectivity index (χ2v) is 10.4. The van der Waals surface area contributed by atoms with Crippen LogP contribution in [0.3, 0.4) is 0 Å². The standard InChI is InChI=1S/C26H30N2O3S/c1-18(2)24-11-7-9-20(4)25(24)27-26(29)22-14-12-21(13-15-22)17-28(32(5,30)31)23-10-6-8-19(3)16-23/h6-16,18H,17H2,1-5H3,(H,27,29). The molecule has 168 valence electrons. The molecule has 0 atom stereocenters. The van der Waals surface area contributed by atoms with Crippen molar-refractivity contribution in [2.75, 3.05) is 15.9 Å². The van der Waals surface area contributed by atoms with E-state index in [1.807, 2.05) is 50.2 Å². The van der Waals surface area contributed by atoms with Crippen molar-refractivity contribution in [1.82, 2.24) is 0 Å². The maximum Gasteiger partial charge on any atom is 0.255 e. The van der Waals surface area contributed by atoms with Crippen LogP contribution < -0.4 is 9.62 Å². The molecule has 0 aromatic heterocycles. The molecule has 0 spiro atoms. The zero-order valence-corrected chi connectivity index (χ0v) is 20.0. The number of aryl methyl sites for hydroxylation is 2. The summed E-state index contributed by atoms with van der Waals surface area (Å²) in [6, 6.07) is 20.5. The van der Waals surface area contributed by atoms with Crippen molar-refractivity contribution >= 4 is 27.3 Å². The van der Waals surface area contributed by atoms with E-state index in [4.69, 9.17) is 0 Å². The molecule has 3 aromatic carbocycles. The van der Waals surface area contributed by atoms with Crippen molar-refractivity contribution in [3.63, 3.8) is 0 Å². The number of rotatable bonds is 7. The number of carbonyl (C=O) groups excluding carboxylic acids is 1. The summed E-state index contributed by atoms with van der Waals surface area (Å²) in [6.07, 6.45) is 1.20. The van der Waals surface area contributed by atoms with Gasteiger partial charge in [-0.1, -0.05) is 56.3 Å². The second-order valence-electron chi connectivity index (χ2n) is 8.45. The Bertz CT molecular complexity index is 1220. The van der Waals surface area contributed by atoms with E-state index in [9.17, 15) is 13.2 Å². The molecule has 1 amide bonds. The van der Waals surface area contributed by atoms with Crippen LogP contribution in [0.15, 0.2) is 66.7 Å². The van der Waals surface area contributed by atoms with Gasteiger partial charge in [0.1, 0.15) is 0 Å². The highest BCUT2D eigenvalue weighted by molar-refractivity contribution is 7.92. The predicted octanol–water partition coefficient (Wildman–Crippen LogP) is 5.65. The molecule has 0 radical (unpaired) electrons. The Morgan fingerprint density at radius 1 is 0.969 bits per heavy atom. The van der Waals surface area contributed by atoms with Crippen LogP contribution in [0.4, 0.5) is 11.4 Å². The van der Waals surface area contributed by atoms with E-state index in [0.29, 0.717) is 11.3 Å². The van der Waals surface area contributed by atoms with Crippen molar-refractivity contribution in [3.05, 3.63) is 94.5 Å². The van der Waals surface area contributed by atoms with Crippen molar-refractivity contribution < 1.29 is 13.2 Å². The normalized spacial score (nSPS) is 11.4. The number of nitrogens with zero attached hydrogens (tertiary/aromatic N) is 1. The fourth-order valence-corrected chi connectivity index (χ4v) is 4.52. The minimum absolute atomic E-state index is 0.189. The van der Waals surface area contributed by atoms with Gasteiger partial charge in [0, 0.05) is 11.3 Å². The molecule has 0 unspecified atom stereocenters.